The molecule has 0 aliphatic rings. The van der Waals surface area contributed by atoms with Crippen LogP contribution in [0.1, 0.15) is 27.7 Å². The van der Waals surface area contributed by atoms with Gasteiger partial charge in [0.1, 0.15) is 0 Å². The molecule has 0 aliphatic carbocycles. The van der Waals surface area contributed by atoms with Crippen LogP contribution in [-0.4, -0.2) is 27.6 Å². The molecule has 0 bridgehead atoms. The van der Waals surface area contributed by atoms with Gasteiger partial charge >= 0.3 is 64.8 Å². The average Bonchev–Trinajstić information content (AvgIpc) is 2.13. The first-order valence-electron chi connectivity index (χ1n) is 4.62. The minimum absolute atomic E-state index is 1.47. The Morgan fingerprint density at radius 2 is 0.909 bits per heavy atom. The molecule has 0 saturated carbocycles. The first-order valence-corrected chi connectivity index (χ1v) is 16.4. The SMILES string of the molecule is CCl.C[CH2][Pb]([CH2]C)([CH2]C)[CH2]C. The van der Waals surface area contributed by atoms with Crippen molar-refractivity contribution in [1.29, 1.82) is 0 Å². The Hall–Kier alpha value is 1.21. The Balaban J connectivity index is 0. The van der Waals surface area contributed by atoms with Gasteiger partial charge in [-0.1, -0.05) is 0 Å². The first-order chi connectivity index (χ1) is 5.24. The van der Waals surface area contributed by atoms with Crippen LogP contribution in [0.25, 0.3) is 0 Å². The van der Waals surface area contributed by atoms with Crippen molar-refractivity contribution in [2.75, 3.05) is 6.38 Å². The number of hydrogen-bond acceptors (Lipinski definition) is 0. The maximum atomic E-state index is 4.64. The van der Waals surface area contributed by atoms with Crippen LogP contribution in [0.5, 0.6) is 0 Å². The van der Waals surface area contributed by atoms with Gasteiger partial charge in [0.25, 0.3) is 0 Å². The molecular formula is C9H23ClPb. The van der Waals surface area contributed by atoms with Gasteiger partial charge in [-0.25, -0.2) is 0 Å². The molecule has 0 unspecified atom stereocenters. The van der Waals surface area contributed by atoms with E-state index in [0.717, 1.165) is 0 Å². The Morgan fingerprint density at radius 1 is 0.727 bits per heavy atom. The average molecular weight is 374 g/mol. The van der Waals surface area contributed by atoms with Crippen LogP contribution < -0.4 is 0 Å². The van der Waals surface area contributed by atoms with E-state index >= 15 is 0 Å². The molecule has 0 aromatic carbocycles. The van der Waals surface area contributed by atoms with Crippen LogP contribution in [0.4, 0.5) is 0 Å². The van der Waals surface area contributed by atoms with Crippen LogP contribution in [0.3, 0.4) is 0 Å². The summed E-state index contributed by atoms with van der Waals surface area (Å²) in [5.74, 6) is 0. The van der Waals surface area contributed by atoms with Crippen molar-refractivity contribution in [2.24, 2.45) is 0 Å². The molecule has 0 heterocycles. The second-order valence-electron chi connectivity index (χ2n) is 2.91. The van der Waals surface area contributed by atoms with E-state index in [1.165, 1.54) is 6.38 Å². The van der Waals surface area contributed by atoms with Gasteiger partial charge in [0.2, 0.25) is 0 Å². The fraction of sp³-hybridized carbons (Fsp3) is 1.00. The van der Waals surface area contributed by atoms with Gasteiger partial charge in [0.05, 0.1) is 0 Å². The number of hydrogen-bond donors (Lipinski definition) is 0. The molecule has 0 radical (unpaired) electrons. The molecule has 0 aliphatic heterocycles. The summed E-state index contributed by atoms with van der Waals surface area (Å²) in [7, 11) is 0. The Kier molecular flexibility index (Phi) is 12.4. The number of halogens is 1. The summed E-state index contributed by atoms with van der Waals surface area (Å²) in [6.45, 7) is 9.60. The van der Waals surface area contributed by atoms with Crippen LogP contribution in [-0.2, 0) is 0 Å². The summed E-state index contributed by atoms with van der Waals surface area (Å²) >= 11 is 3.13. The Labute approximate surface area is 82.4 Å². The summed E-state index contributed by atoms with van der Waals surface area (Å²) in [5, 5.41) is 0. The molecule has 0 saturated heterocycles. The summed E-state index contributed by atoms with van der Waals surface area (Å²) in [5.41, 5.74) is 0. The predicted molar refractivity (Wildman–Crippen MR) is 59.5 cm³/mol. The van der Waals surface area contributed by atoms with Gasteiger partial charge in [0.15, 0.2) is 0 Å². The van der Waals surface area contributed by atoms with Gasteiger partial charge in [-0.2, -0.15) is 0 Å². The van der Waals surface area contributed by atoms with Crippen molar-refractivity contribution in [3.63, 3.8) is 0 Å². The van der Waals surface area contributed by atoms with E-state index < -0.39 is 21.2 Å². The summed E-state index contributed by atoms with van der Waals surface area (Å²) in [6.07, 6.45) is 1.47. The fourth-order valence-corrected chi connectivity index (χ4v) is 13.2. The second-order valence-corrected chi connectivity index (χ2v) is 25.6. The molecule has 0 spiro atoms. The maximum absolute atomic E-state index is 4.64. The second kappa shape index (κ2) is 9.30. The molecule has 0 atom stereocenters. The van der Waals surface area contributed by atoms with Crippen molar-refractivity contribution < 1.29 is 0 Å². The number of rotatable bonds is 4. The fourth-order valence-electron chi connectivity index (χ4n) is 1.50. The monoisotopic (exact) mass is 374 g/mol. The summed E-state index contributed by atoms with van der Waals surface area (Å²) < 4.78 is 6.26. The predicted octanol–water partition coefficient (Wildman–Crippen LogP) is 4.37. The van der Waals surface area contributed by atoms with E-state index in [1.807, 2.05) is 0 Å². The minimum atomic E-state index is -1.51. The molecule has 11 heavy (non-hydrogen) atoms. The Morgan fingerprint density at radius 3 is 0.909 bits per heavy atom. The summed E-state index contributed by atoms with van der Waals surface area (Å²) in [6, 6.07) is 0. The normalized spacial score (nSPS) is 10.4. The van der Waals surface area contributed by atoms with Crippen molar-refractivity contribution in [3.05, 3.63) is 0 Å². The molecule has 0 aromatic rings. The molecule has 70 valence electrons. The van der Waals surface area contributed by atoms with Gasteiger partial charge in [-0.15, -0.1) is 11.6 Å². The zero-order valence-electron chi connectivity index (χ0n) is 8.71. The van der Waals surface area contributed by atoms with Crippen molar-refractivity contribution in [1.82, 2.24) is 0 Å². The van der Waals surface area contributed by atoms with Gasteiger partial charge < -0.3 is 0 Å². The molecule has 2 heteroatoms. The van der Waals surface area contributed by atoms with Crippen molar-refractivity contribution in [2.45, 2.75) is 43.6 Å². The van der Waals surface area contributed by atoms with E-state index in [9.17, 15) is 0 Å². The van der Waals surface area contributed by atoms with Crippen LogP contribution in [0, 0.1) is 0 Å². The third-order valence-corrected chi connectivity index (χ3v) is 26.3. The van der Waals surface area contributed by atoms with Crippen LogP contribution in [0.2, 0.25) is 15.9 Å². The topological polar surface area (TPSA) is 0 Å². The molecule has 0 N–H and O–H groups in total. The van der Waals surface area contributed by atoms with E-state index in [1.54, 1.807) is 15.9 Å². The quantitative estimate of drug-likeness (QED) is 0.507. The first kappa shape index (κ1) is 14.7. The van der Waals surface area contributed by atoms with Gasteiger partial charge in [0, 0.05) is 6.38 Å². The molecular weight excluding hydrogens is 351 g/mol. The molecule has 0 rings (SSSR count). The van der Waals surface area contributed by atoms with Crippen molar-refractivity contribution >= 4 is 32.8 Å². The molecule has 0 amide bonds. The van der Waals surface area contributed by atoms with E-state index in [4.69, 9.17) is 0 Å². The number of alkyl halides is 1. The zero-order chi connectivity index (χ0) is 9.33. The van der Waals surface area contributed by atoms with Gasteiger partial charge in [-0.3, -0.25) is 0 Å². The molecule has 0 aromatic heterocycles. The Bertz CT molecular complexity index is 52.5. The van der Waals surface area contributed by atoms with Gasteiger partial charge in [-0.05, 0) is 0 Å². The standard InChI is InChI=1S/4C2H5.CH3Cl.Pb/c5*1-2;/h4*1H2,2H3;1H3;. The van der Waals surface area contributed by atoms with E-state index in [0.29, 0.717) is 0 Å². The van der Waals surface area contributed by atoms with E-state index in [-0.39, 0.29) is 0 Å². The molecule has 0 fully saturated rings. The van der Waals surface area contributed by atoms with Crippen LogP contribution in [0.15, 0.2) is 0 Å². The molecule has 0 nitrogen and oxygen atoms in total. The van der Waals surface area contributed by atoms with Crippen molar-refractivity contribution in [3.8, 4) is 0 Å². The van der Waals surface area contributed by atoms with E-state index in [2.05, 4.69) is 39.3 Å². The third-order valence-electron chi connectivity index (χ3n) is 3.00. The summed E-state index contributed by atoms with van der Waals surface area (Å²) in [4.78, 5) is 0. The zero-order valence-corrected chi connectivity index (χ0v) is 13.3. The third kappa shape index (κ3) is 5.45. The van der Waals surface area contributed by atoms with Crippen LogP contribution >= 0.6 is 11.6 Å².